The molecule has 0 aliphatic heterocycles. The van der Waals surface area contributed by atoms with Crippen LogP contribution in [0.2, 0.25) is 0 Å². The van der Waals surface area contributed by atoms with Crippen molar-refractivity contribution in [2.45, 2.75) is 17.1 Å². The Labute approximate surface area is 154 Å². The lowest BCUT2D eigenvalue weighted by Gasteiger charge is -2.11. The van der Waals surface area contributed by atoms with E-state index in [0.29, 0.717) is 13.0 Å². The van der Waals surface area contributed by atoms with Crippen LogP contribution in [0.4, 0.5) is 0 Å². The van der Waals surface area contributed by atoms with E-state index in [1.165, 1.54) is 5.56 Å². The fourth-order valence-corrected chi connectivity index (χ4v) is 3.09. The highest BCUT2D eigenvalue weighted by atomic mass is 35.5. The largest absolute Gasteiger partial charge is 0.464 e. The maximum Gasteiger partial charge on any atom is 0.310 e. The second-order valence-electron chi connectivity index (χ2n) is 5.58. The highest BCUT2D eigenvalue weighted by Gasteiger charge is 2.09. The number of benzene rings is 2. The summed E-state index contributed by atoms with van der Waals surface area (Å²) in [5, 5.41) is 0. The molecule has 0 aromatic heterocycles. The third-order valence-electron chi connectivity index (χ3n) is 3.35. The number of esters is 1. The summed E-state index contributed by atoms with van der Waals surface area (Å²) in [6.45, 7) is 1.18. The van der Waals surface area contributed by atoms with Gasteiger partial charge in [0, 0.05) is 17.2 Å². The van der Waals surface area contributed by atoms with Crippen molar-refractivity contribution in [3.8, 4) is 0 Å². The molecule has 2 rings (SSSR count). The fraction of sp³-hybridized carbons (Fsp3) is 0.316. The maximum atomic E-state index is 12.0. The molecule has 0 aliphatic carbocycles. The third kappa shape index (κ3) is 7.39. The number of hydrogen-bond acceptors (Lipinski definition) is 4. The minimum absolute atomic E-state index is 0. The number of thioether (sulfide) groups is 1. The fourth-order valence-electron chi connectivity index (χ4n) is 2.07. The first-order chi connectivity index (χ1) is 11.1. The number of halogens is 1. The Morgan fingerprint density at radius 1 is 1.04 bits per heavy atom. The maximum absolute atomic E-state index is 12.0. The normalized spacial score (nSPS) is 10.3. The lowest BCUT2D eigenvalue weighted by Crippen LogP contribution is -2.20. The van der Waals surface area contributed by atoms with Gasteiger partial charge < -0.3 is 9.64 Å². The molecule has 130 valence electrons. The molecule has 0 atom stereocenters. The molecule has 0 bridgehead atoms. The molecule has 2 aromatic carbocycles. The number of hydrogen-bond donors (Lipinski definition) is 0. The predicted octanol–water partition coefficient (Wildman–Crippen LogP) is 4.05. The van der Waals surface area contributed by atoms with Gasteiger partial charge in [-0.2, -0.15) is 0 Å². The molecule has 5 heteroatoms. The molecule has 0 fully saturated rings. The molecule has 3 nitrogen and oxygen atoms in total. The molecule has 0 N–H and O–H groups in total. The quantitative estimate of drug-likeness (QED) is 0.521. The monoisotopic (exact) mass is 365 g/mol. The van der Waals surface area contributed by atoms with E-state index in [4.69, 9.17) is 4.74 Å². The van der Waals surface area contributed by atoms with Crippen LogP contribution in [0.5, 0.6) is 0 Å². The number of rotatable bonds is 8. The van der Waals surface area contributed by atoms with Gasteiger partial charge in [0.15, 0.2) is 0 Å². The van der Waals surface area contributed by atoms with Crippen LogP contribution in [0.25, 0.3) is 0 Å². The van der Waals surface area contributed by atoms with Crippen molar-refractivity contribution in [3.05, 3.63) is 65.7 Å². The van der Waals surface area contributed by atoms with Crippen molar-refractivity contribution in [1.29, 1.82) is 0 Å². The number of carbonyl (C=O) groups excluding carboxylic acids is 1. The molecule has 0 aliphatic rings. The van der Waals surface area contributed by atoms with Crippen LogP contribution >= 0.6 is 24.2 Å². The van der Waals surface area contributed by atoms with E-state index in [-0.39, 0.29) is 18.4 Å². The van der Waals surface area contributed by atoms with Crippen molar-refractivity contribution in [1.82, 2.24) is 4.90 Å². The summed E-state index contributed by atoms with van der Waals surface area (Å²) in [6, 6.07) is 18.4. The number of carbonyl (C=O) groups is 1. The van der Waals surface area contributed by atoms with Gasteiger partial charge in [0.05, 0.1) is 6.42 Å². The summed E-state index contributed by atoms with van der Waals surface area (Å²) in [5.74, 6) is 0.729. The number of nitrogens with zero attached hydrogens (tertiary/aromatic N) is 1. The zero-order valence-corrected chi connectivity index (χ0v) is 15.7. The van der Waals surface area contributed by atoms with Crippen LogP contribution in [0.3, 0.4) is 0 Å². The van der Waals surface area contributed by atoms with Crippen molar-refractivity contribution in [2.24, 2.45) is 0 Å². The van der Waals surface area contributed by atoms with Gasteiger partial charge in [-0.15, -0.1) is 24.2 Å². The zero-order chi connectivity index (χ0) is 16.5. The molecular weight excluding hydrogens is 342 g/mol. The lowest BCUT2D eigenvalue weighted by molar-refractivity contribution is -0.143. The van der Waals surface area contributed by atoms with Crippen molar-refractivity contribution in [2.75, 3.05) is 27.2 Å². The van der Waals surface area contributed by atoms with Crippen LogP contribution in [0, 0.1) is 0 Å². The Kier molecular flexibility index (Phi) is 9.53. The Balaban J connectivity index is 0.00000288. The van der Waals surface area contributed by atoms with E-state index >= 15 is 0 Å². The smallest absolute Gasteiger partial charge is 0.310 e. The predicted molar refractivity (Wildman–Crippen MR) is 103 cm³/mol. The summed E-state index contributed by atoms with van der Waals surface area (Å²) < 4.78 is 5.28. The lowest BCUT2D eigenvalue weighted by atomic mass is 10.1. The summed E-state index contributed by atoms with van der Waals surface area (Å²) in [7, 11) is 3.92. The van der Waals surface area contributed by atoms with Crippen molar-refractivity contribution >= 4 is 30.1 Å². The zero-order valence-electron chi connectivity index (χ0n) is 14.1. The van der Waals surface area contributed by atoms with Crippen LogP contribution in [-0.4, -0.2) is 38.1 Å². The molecular formula is C19H24ClNO2S. The van der Waals surface area contributed by atoms with Crippen LogP contribution in [-0.2, 0) is 21.7 Å². The molecule has 0 spiro atoms. The van der Waals surface area contributed by atoms with Crippen molar-refractivity contribution < 1.29 is 9.53 Å². The number of likely N-dealkylation sites (N-methyl/N-ethyl adjacent to an activating group) is 1. The standard InChI is InChI=1S/C19H23NO2S.ClH/c1-20(2)12-13-22-19(21)14-17-10-6-7-11-18(17)23-15-16-8-4-3-5-9-16;/h3-11H,12-15H2,1-2H3;1H. The third-order valence-corrected chi connectivity index (χ3v) is 4.53. The average molecular weight is 366 g/mol. The van der Waals surface area contributed by atoms with Gasteiger partial charge >= 0.3 is 5.97 Å². The van der Waals surface area contributed by atoms with Gasteiger partial charge in [0.2, 0.25) is 0 Å². The summed E-state index contributed by atoms with van der Waals surface area (Å²) in [6.07, 6.45) is 0.325. The van der Waals surface area contributed by atoms with E-state index in [2.05, 4.69) is 18.2 Å². The molecule has 0 heterocycles. The Bertz CT molecular complexity index is 620. The first-order valence-corrected chi connectivity index (χ1v) is 8.68. The van der Waals surface area contributed by atoms with Crippen LogP contribution < -0.4 is 0 Å². The minimum atomic E-state index is -0.167. The highest BCUT2D eigenvalue weighted by molar-refractivity contribution is 7.98. The topological polar surface area (TPSA) is 29.5 Å². The van der Waals surface area contributed by atoms with E-state index in [1.54, 1.807) is 11.8 Å². The van der Waals surface area contributed by atoms with Gasteiger partial charge in [-0.3, -0.25) is 4.79 Å². The van der Waals surface area contributed by atoms with Crippen molar-refractivity contribution in [3.63, 3.8) is 0 Å². The van der Waals surface area contributed by atoms with Gasteiger partial charge in [-0.05, 0) is 31.3 Å². The van der Waals surface area contributed by atoms with Crippen LogP contribution in [0.1, 0.15) is 11.1 Å². The van der Waals surface area contributed by atoms with Gasteiger partial charge in [0.1, 0.15) is 6.61 Å². The molecule has 0 amide bonds. The summed E-state index contributed by atoms with van der Waals surface area (Å²) >= 11 is 1.75. The second-order valence-corrected chi connectivity index (χ2v) is 6.60. The molecule has 2 aromatic rings. The Morgan fingerprint density at radius 3 is 2.42 bits per heavy atom. The number of ether oxygens (including phenoxy) is 1. The molecule has 0 radical (unpaired) electrons. The molecule has 24 heavy (non-hydrogen) atoms. The Morgan fingerprint density at radius 2 is 1.71 bits per heavy atom. The minimum Gasteiger partial charge on any atom is -0.464 e. The van der Waals surface area contributed by atoms with E-state index in [9.17, 15) is 4.79 Å². The second kappa shape index (κ2) is 11.1. The molecule has 0 saturated heterocycles. The van der Waals surface area contributed by atoms with Crippen LogP contribution in [0.15, 0.2) is 59.5 Å². The average Bonchev–Trinajstić information content (AvgIpc) is 2.54. The van der Waals surface area contributed by atoms with Gasteiger partial charge in [-0.1, -0.05) is 48.5 Å². The Hall–Kier alpha value is -1.49. The summed E-state index contributed by atoms with van der Waals surface area (Å²) in [4.78, 5) is 15.1. The highest BCUT2D eigenvalue weighted by Crippen LogP contribution is 2.26. The molecule has 0 unspecified atom stereocenters. The SMILES string of the molecule is CN(C)CCOC(=O)Cc1ccccc1SCc1ccccc1.Cl. The first kappa shape index (κ1) is 20.6. The first-order valence-electron chi connectivity index (χ1n) is 7.70. The van der Waals surface area contributed by atoms with E-state index < -0.39 is 0 Å². The molecule has 0 saturated carbocycles. The van der Waals surface area contributed by atoms with Gasteiger partial charge in [0.25, 0.3) is 0 Å². The van der Waals surface area contributed by atoms with Gasteiger partial charge in [-0.25, -0.2) is 0 Å². The van der Waals surface area contributed by atoms with E-state index in [1.807, 2.05) is 55.4 Å². The summed E-state index contributed by atoms with van der Waals surface area (Å²) in [5.41, 5.74) is 2.31. The van der Waals surface area contributed by atoms with E-state index in [0.717, 1.165) is 22.8 Å².